The molecule has 0 fully saturated rings. The maximum absolute atomic E-state index is 11.3. The monoisotopic (exact) mass is 275 g/mol. The summed E-state index contributed by atoms with van der Waals surface area (Å²) < 4.78 is 4.51. The summed E-state index contributed by atoms with van der Waals surface area (Å²) in [6.07, 6.45) is -1.33. The first-order valence-electron chi connectivity index (χ1n) is 5.22. The molecule has 100 valence electrons. The number of ether oxygens (including phenoxy) is 1. The van der Waals surface area contributed by atoms with Crippen molar-refractivity contribution in [3.8, 4) is 0 Å². The Bertz CT molecular complexity index is 426. The minimum atomic E-state index is -1.33. The van der Waals surface area contributed by atoms with Gasteiger partial charge in [-0.15, -0.1) is 0 Å². The Morgan fingerprint density at radius 3 is 2.78 bits per heavy atom. The number of rotatable bonds is 5. The highest BCUT2D eigenvalue weighted by Gasteiger charge is 2.22. The van der Waals surface area contributed by atoms with Gasteiger partial charge in [0.05, 0.1) is 18.8 Å². The number of nitrogens with zero attached hydrogens (tertiary/aromatic N) is 1. The van der Waals surface area contributed by atoms with E-state index in [0.717, 1.165) is 0 Å². The molecular weight excluding hydrogens is 262 g/mol. The van der Waals surface area contributed by atoms with Gasteiger partial charge in [0.15, 0.2) is 0 Å². The standard InChI is InChI=1S/C11H14ClNO5/c1-18-11(17)6-4-7(10(12)13-5-6)9(16)8(15)2-3-14/h4-5,8-9,14-16H,2-3H2,1H3. The van der Waals surface area contributed by atoms with Crippen molar-refractivity contribution in [1.82, 2.24) is 4.98 Å². The fourth-order valence-electron chi connectivity index (χ4n) is 1.40. The number of aliphatic hydroxyl groups is 3. The SMILES string of the molecule is COC(=O)c1cnc(Cl)c(C(O)C(O)CCO)c1. The van der Waals surface area contributed by atoms with E-state index in [1.807, 2.05) is 0 Å². The maximum atomic E-state index is 11.3. The van der Waals surface area contributed by atoms with Gasteiger partial charge in [0.1, 0.15) is 11.3 Å². The number of esters is 1. The lowest BCUT2D eigenvalue weighted by Crippen LogP contribution is -2.20. The topological polar surface area (TPSA) is 99.9 Å². The Labute approximate surface area is 109 Å². The highest BCUT2D eigenvalue weighted by molar-refractivity contribution is 6.30. The lowest BCUT2D eigenvalue weighted by molar-refractivity contribution is 0.00401. The van der Waals surface area contributed by atoms with Crippen LogP contribution in [0.25, 0.3) is 0 Å². The third kappa shape index (κ3) is 3.39. The summed E-state index contributed by atoms with van der Waals surface area (Å²) in [4.78, 5) is 15.0. The summed E-state index contributed by atoms with van der Waals surface area (Å²) >= 11 is 5.79. The van der Waals surface area contributed by atoms with Crippen LogP contribution in [0.1, 0.15) is 28.4 Å². The van der Waals surface area contributed by atoms with E-state index in [4.69, 9.17) is 16.7 Å². The van der Waals surface area contributed by atoms with E-state index in [9.17, 15) is 15.0 Å². The van der Waals surface area contributed by atoms with Crippen molar-refractivity contribution < 1.29 is 24.9 Å². The van der Waals surface area contributed by atoms with Crippen LogP contribution < -0.4 is 0 Å². The van der Waals surface area contributed by atoms with Crippen LogP contribution in [0.15, 0.2) is 12.3 Å². The van der Waals surface area contributed by atoms with Crippen LogP contribution in [0.3, 0.4) is 0 Å². The average molecular weight is 276 g/mol. The lowest BCUT2D eigenvalue weighted by atomic mass is 10.0. The van der Waals surface area contributed by atoms with E-state index >= 15 is 0 Å². The number of halogens is 1. The van der Waals surface area contributed by atoms with Gasteiger partial charge >= 0.3 is 5.97 Å². The van der Waals surface area contributed by atoms with E-state index in [-0.39, 0.29) is 29.3 Å². The van der Waals surface area contributed by atoms with Crippen molar-refractivity contribution >= 4 is 17.6 Å². The zero-order valence-electron chi connectivity index (χ0n) is 9.71. The molecular formula is C11H14ClNO5. The van der Waals surface area contributed by atoms with Gasteiger partial charge in [-0.2, -0.15) is 0 Å². The third-order valence-corrected chi connectivity index (χ3v) is 2.71. The number of aromatic nitrogens is 1. The quantitative estimate of drug-likeness (QED) is 0.528. The molecule has 6 nitrogen and oxygen atoms in total. The van der Waals surface area contributed by atoms with Gasteiger partial charge in [-0.3, -0.25) is 0 Å². The Morgan fingerprint density at radius 1 is 1.56 bits per heavy atom. The highest BCUT2D eigenvalue weighted by Crippen LogP contribution is 2.25. The molecule has 2 atom stereocenters. The highest BCUT2D eigenvalue weighted by atomic mass is 35.5. The van der Waals surface area contributed by atoms with Crippen molar-refractivity contribution in [3.63, 3.8) is 0 Å². The smallest absolute Gasteiger partial charge is 0.339 e. The van der Waals surface area contributed by atoms with Gasteiger partial charge in [-0.05, 0) is 12.5 Å². The summed E-state index contributed by atoms with van der Waals surface area (Å²) in [5.41, 5.74) is 0.229. The molecule has 0 amide bonds. The van der Waals surface area contributed by atoms with E-state index in [2.05, 4.69) is 9.72 Å². The van der Waals surface area contributed by atoms with Gasteiger partial charge in [0, 0.05) is 18.4 Å². The zero-order valence-corrected chi connectivity index (χ0v) is 10.5. The number of carbonyl (C=O) groups excluding carboxylic acids is 1. The van der Waals surface area contributed by atoms with Crippen molar-refractivity contribution in [1.29, 1.82) is 0 Å². The zero-order chi connectivity index (χ0) is 13.7. The lowest BCUT2D eigenvalue weighted by Gasteiger charge is -2.18. The molecule has 1 heterocycles. The molecule has 0 aliphatic carbocycles. The number of methoxy groups -OCH3 is 1. The van der Waals surface area contributed by atoms with E-state index in [1.54, 1.807) is 0 Å². The molecule has 0 bridgehead atoms. The molecule has 0 aliphatic rings. The number of hydrogen-bond donors (Lipinski definition) is 3. The van der Waals surface area contributed by atoms with Crippen molar-refractivity contribution in [2.45, 2.75) is 18.6 Å². The van der Waals surface area contributed by atoms with Crippen LogP contribution in [-0.2, 0) is 4.74 Å². The number of pyridine rings is 1. The van der Waals surface area contributed by atoms with Crippen LogP contribution in [0.2, 0.25) is 5.15 Å². The molecule has 18 heavy (non-hydrogen) atoms. The van der Waals surface area contributed by atoms with Crippen LogP contribution >= 0.6 is 11.6 Å². The summed E-state index contributed by atoms with van der Waals surface area (Å²) in [6.45, 7) is -0.278. The predicted molar refractivity (Wildman–Crippen MR) is 63.3 cm³/mol. The summed E-state index contributed by atoms with van der Waals surface area (Å²) in [5, 5.41) is 28.1. The average Bonchev–Trinajstić information content (AvgIpc) is 2.37. The maximum Gasteiger partial charge on any atom is 0.339 e. The van der Waals surface area contributed by atoms with Gasteiger partial charge in [-0.1, -0.05) is 11.6 Å². The minimum Gasteiger partial charge on any atom is -0.465 e. The van der Waals surface area contributed by atoms with Crippen LogP contribution in [0.4, 0.5) is 0 Å². The minimum absolute atomic E-state index is 0.0139. The molecule has 7 heteroatoms. The van der Waals surface area contributed by atoms with Gasteiger partial charge in [-0.25, -0.2) is 9.78 Å². The number of carbonyl (C=O) groups is 1. The Balaban J connectivity index is 3.03. The Hall–Kier alpha value is -1.21. The second-order valence-electron chi connectivity index (χ2n) is 3.62. The second-order valence-corrected chi connectivity index (χ2v) is 3.98. The fraction of sp³-hybridized carbons (Fsp3) is 0.455. The summed E-state index contributed by atoms with van der Waals surface area (Å²) in [5.74, 6) is -0.621. The molecule has 0 saturated heterocycles. The molecule has 3 N–H and O–H groups in total. The predicted octanol–water partition coefficient (Wildman–Crippen LogP) is 0.298. The molecule has 0 aromatic carbocycles. The molecule has 0 spiro atoms. The number of hydrogen-bond acceptors (Lipinski definition) is 6. The Kier molecular flexibility index (Phi) is 5.49. The Morgan fingerprint density at radius 2 is 2.22 bits per heavy atom. The molecule has 1 aromatic heterocycles. The van der Waals surface area contributed by atoms with Crippen molar-refractivity contribution in [2.75, 3.05) is 13.7 Å². The molecule has 0 aliphatic heterocycles. The van der Waals surface area contributed by atoms with Crippen molar-refractivity contribution in [2.24, 2.45) is 0 Å². The molecule has 1 aromatic rings. The van der Waals surface area contributed by atoms with Crippen LogP contribution in [-0.4, -0.2) is 46.1 Å². The van der Waals surface area contributed by atoms with Crippen LogP contribution in [0.5, 0.6) is 0 Å². The molecule has 0 radical (unpaired) electrons. The van der Waals surface area contributed by atoms with E-state index < -0.39 is 18.2 Å². The van der Waals surface area contributed by atoms with Gasteiger partial charge in [0.2, 0.25) is 0 Å². The van der Waals surface area contributed by atoms with Crippen molar-refractivity contribution in [3.05, 3.63) is 28.5 Å². The van der Waals surface area contributed by atoms with E-state index in [0.29, 0.717) is 0 Å². The second kappa shape index (κ2) is 6.65. The molecule has 2 unspecified atom stereocenters. The van der Waals surface area contributed by atoms with Crippen LogP contribution in [0, 0.1) is 0 Å². The third-order valence-electron chi connectivity index (χ3n) is 2.40. The summed E-state index contributed by atoms with van der Waals surface area (Å²) in [7, 11) is 1.22. The largest absolute Gasteiger partial charge is 0.465 e. The first kappa shape index (κ1) is 14.8. The number of aliphatic hydroxyl groups excluding tert-OH is 3. The first-order chi connectivity index (χ1) is 8.51. The summed E-state index contributed by atoms with van der Waals surface area (Å²) in [6, 6.07) is 1.30. The molecule has 1 rings (SSSR count). The normalized spacial score (nSPS) is 14.1. The van der Waals surface area contributed by atoms with Gasteiger partial charge < -0.3 is 20.1 Å². The van der Waals surface area contributed by atoms with Gasteiger partial charge in [0.25, 0.3) is 0 Å². The molecule has 0 saturated carbocycles. The fourth-order valence-corrected chi connectivity index (χ4v) is 1.61. The van der Waals surface area contributed by atoms with E-state index in [1.165, 1.54) is 19.4 Å². The first-order valence-corrected chi connectivity index (χ1v) is 5.59.